The van der Waals surface area contributed by atoms with E-state index >= 15 is 0 Å². The third-order valence-corrected chi connectivity index (χ3v) is 6.57. The number of carbonyl (C=O) groups is 1. The predicted molar refractivity (Wildman–Crippen MR) is 106 cm³/mol. The highest BCUT2D eigenvalue weighted by atomic mass is 32.2. The smallest absolute Gasteiger partial charge is 0.234 e. The van der Waals surface area contributed by atoms with Gasteiger partial charge in [-0.15, -0.1) is 11.3 Å². The van der Waals surface area contributed by atoms with E-state index in [-0.39, 0.29) is 17.4 Å². The number of fused-ring (bicyclic) bond motifs is 3. The minimum atomic E-state index is -0.160. The molecule has 3 aromatic rings. The second-order valence-corrected chi connectivity index (χ2v) is 8.52. The molecular weight excluding hydrogens is 366 g/mol. The first kappa shape index (κ1) is 17.3. The van der Waals surface area contributed by atoms with Gasteiger partial charge in [0, 0.05) is 10.3 Å². The second-order valence-electron chi connectivity index (χ2n) is 6.47. The summed E-state index contributed by atoms with van der Waals surface area (Å²) in [7, 11) is 0. The highest BCUT2D eigenvalue weighted by Crippen LogP contribution is 2.40. The number of nitrogens with zero attached hydrogens (tertiary/aromatic N) is 2. The lowest BCUT2D eigenvalue weighted by atomic mass is 10.2. The number of aromatic nitrogens is 2. The van der Waals surface area contributed by atoms with E-state index in [1.54, 1.807) is 29.5 Å². The molecular formula is C19H19N3O2S2. The van der Waals surface area contributed by atoms with Crippen molar-refractivity contribution in [3.05, 3.63) is 40.0 Å². The lowest BCUT2D eigenvalue weighted by molar-refractivity contribution is -0.113. The first-order valence-corrected chi connectivity index (χ1v) is 10.3. The van der Waals surface area contributed by atoms with E-state index < -0.39 is 0 Å². The fraction of sp³-hybridized carbons (Fsp3) is 0.316. The first-order chi connectivity index (χ1) is 12.5. The highest BCUT2D eigenvalue weighted by molar-refractivity contribution is 8.00. The van der Waals surface area contributed by atoms with Crippen LogP contribution in [0.3, 0.4) is 0 Å². The summed E-state index contributed by atoms with van der Waals surface area (Å²) in [5.41, 5.74) is 2.79. The van der Waals surface area contributed by atoms with Crippen molar-refractivity contribution in [3.63, 3.8) is 0 Å². The molecule has 0 saturated carbocycles. The Balaban J connectivity index is 1.54. The maximum absolute atomic E-state index is 12.4. The molecule has 4 rings (SSSR count). The zero-order chi connectivity index (χ0) is 18.3. The van der Waals surface area contributed by atoms with Crippen molar-refractivity contribution in [2.24, 2.45) is 0 Å². The molecule has 2 aromatic heterocycles. The molecule has 2 N–H and O–H groups in total. The topological polar surface area (TPSA) is 75.1 Å². The van der Waals surface area contributed by atoms with Gasteiger partial charge in [-0.25, -0.2) is 9.97 Å². The highest BCUT2D eigenvalue weighted by Gasteiger charge is 2.22. The van der Waals surface area contributed by atoms with Crippen molar-refractivity contribution in [1.29, 1.82) is 0 Å². The number of hydrogen-bond acceptors (Lipinski definition) is 6. The molecule has 2 heterocycles. The van der Waals surface area contributed by atoms with Gasteiger partial charge >= 0.3 is 0 Å². The van der Waals surface area contributed by atoms with Gasteiger partial charge in [-0.1, -0.05) is 17.8 Å². The van der Waals surface area contributed by atoms with Gasteiger partial charge in [-0.05, 0) is 56.4 Å². The number of benzene rings is 1. The lowest BCUT2D eigenvalue weighted by Crippen LogP contribution is -2.14. The number of phenols is 1. The molecule has 0 unspecified atom stereocenters. The molecule has 1 aliphatic rings. The monoisotopic (exact) mass is 385 g/mol. The first-order valence-electron chi connectivity index (χ1n) is 8.52. The Kier molecular flexibility index (Phi) is 4.58. The van der Waals surface area contributed by atoms with Gasteiger partial charge in [0.15, 0.2) is 0 Å². The number of nitrogens with one attached hydrogen (secondary N) is 1. The van der Waals surface area contributed by atoms with Crippen LogP contribution in [0.25, 0.3) is 10.2 Å². The van der Waals surface area contributed by atoms with Gasteiger partial charge in [-0.3, -0.25) is 4.79 Å². The van der Waals surface area contributed by atoms with E-state index in [1.165, 1.54) is 28.6 Å². The van der Waals surface area contributed by atoms with Crippen LogP contribution >= 0.6 is 23.1 Å². The maximum atomic E-state index is 12.4. The number of aryl methyl sites for hydroxylation is 4. The largest absolute Gasteiger partial charge is 0.506 e. The van der Waals surface area contributed by atoms with E-state index in [0.29, 0.717) is 5.69 Å². The molecule has 1 aliphatic carbocycles. The van der Waals surface area contributed by atoms with Crippen LogP contribution in [0.5, 0.6) is 5.75 Å². The third-order valence-electron chi connectivity index (χ3n) is 4.41. The Bertz CT molecular complexity index is 1010. The van der Waals surface area contributed by atoms with Crippen LogP contribution < -0.4 is 5.32 Å². The summed E-state index contributed by atoms with van der Waals surface area (Å²) in [4.78, 5) is 24.0. The molecule has 0 fully saturated rings. The number of phenolic OH excluding ortho intramolecular Hbond substituents is 1. The van der Waals surface area contributed by atoms with Crippen molar-refractivity contribution in [3.8, 4) is 5.75 Å². The molecule has 7 heteroatoms. The molecule has 0 atom stereocenters. The van der Waals surface area contributed by atoms with Crippen molar-refractivity contribution in [2.75, 3.05) is 11.1 Å². The zero-order valence-electron chi connectivity index (χ0n) is 14.6. The summed E-state index contributed by atoms with van der Waals surface area (Å²) < 4.78 is 0. The van der Waals surface area contributed by atoms with E-state index in [9.17, 15) is 9.90 Å². The van der Waals surface area contributed by atoms with Crippen LogP contribution in [0.1, 0.15) is 28.2 Å². The minimum absolute atomic E-state index is 0.0740. The predicted octanol–water partition coefficient (Wildman–Crippen LogP) is 4.23. The number of rotatable bonds is 4. The van der Waals surface area contributed by atoms with Gasteiger partial charge in [0.2, 0.25) is 5.91 Å². The quantitative estimate of drug-likeness (QED) is 0.399. The molecule has 0 bridgehead atoms. The molecule has 0 radical (unpaired) electrons. The average molecular weight is 386 g/mol. The number of hydrogen-bond donors (Lipinski definition) is 2. The number of anilines is 1. The standard InChI is InChI=1S/C19H19N3O2S2/c1-10-6-7-14(23)13(8-10)22-16(24)9-25-18-17-12-4-3-5-15(12)26-19(17)21-11(2)20-18/h6-8,23H,3-5,9H2,1-2H3,(H,22,24). The van der Waals surface area contributed by atoms with Crippen LogP contribution in [-0.2, 0) is 17.6 Å². The maximum Gasteiger partial charge on any atom is 0.234 e. The van der Waals surface area contributed by atoms with E-state index in [1.807, 2.05) is 13.8 Å². The Morgan fingerprint density at radius 2 is 2.15 bits per heavy atom. The van der Waals surface area contributed by atoms with Crippen LogP contribution in [0.4, 0.5) is 5.69 Å². The molecule has 134 valence electrons. The molecule has 1 aromatic carbocycles. The minimum Gasteiger partial charge on any atom is -0.506 e. The van der Waals surface area contributed by atoms with Crippen LogP contribution in [0, 0.1) is 13.8 Å². The summed E-state index contributed by atoms with van der Waals surface area (Å²) >= 11 is 3.19. The summed E-state index contributed by atoms with van der Waals surface area (Å²) in [5, 5.41) is 14.7. The Labute approximate surface area is 159 Å². The molecule has 0 spiro atoms. The lowest BCUT2D eigenvalue weighted by Gasteiger charge is -2.09. The van der Waals surface area contributed by atoms with E-state index in [4.69, 9.17) is 0 Å². The molecule has 26 heavy (non-hydrogen) atoms. The SMILES string of the molecule is Cc1ccc(O)c(NC(=O)CSc2nc(C)nc3sc4c(c23)CCC4)c1. The van der Waals surface area contributed by atoms with Crippen molar-refractivity contribution < 1.29 is 9.90 Å². The van der Waals surface area contributed by atoms with Crippen LogP contribution in [0.15, 0.2) is 23.2 Å². The molecule has 5 nitrogen and oxygen atoms in total. The summed E-state index contributed by atoms with van der Waals surface area (Å²) in [5.74, 6) is 0.887. The second kappa shape index (κ2) is 6.89. The number of thiophene rings is 1. The van der Waals surface area contributed by atoms with Gasteiger partial charge in [0.25, 0.3) is 0 Å². The van der Waals surface area contributed by atoms with Gasteiger partial charge in [-0.2, -0.15) is 0 Å². The molecule has 1 amide bonds. The average Bonchev–Trinajstić information content (AvgIpc) is 3.16. The summed E-state index contributed by atoms with van der Waals surface area (Å²) in [6.07, 6.45) is 3.37. The normalized spacial score (nSPS) is 13.2. The fourth-order valence-corrected chi connectivity index (χ4v) is 5.51. The fourth-order valence-electron chi connectivity index (χ4n) is 3.24. The van der Waals surface area contributed by atoms with Crippen LogP contribution in [0.2, 0.25) is 0 Å². The van der Waals surface area contributed by atoms with E-state index in [2.05, 4.69) is 15.3 Å². The number of aromatic hydroxyl groups is 1. The molecule has 0 aliphatic heterocycles. The van der Waals surface area contributed by atoms with Gasteiger partial charge in [0.05, 0.1) is 11.4 Å². The third kappa shape index (κ3) is 3.29. The Morgan fingerprint density at radius 1 is 1.31 bits per heavy atom. The Hall–Kier alpha value is -2.12. The number of amides is 1. The number of carbonyl (C=O) groups excluding carboxylic acids is 1. The number of thioether (sulfide) groups is 1. The summed E-state index contributed by atoms with van der Waals surface area (Å²) in [6, 6.07) is 5.15. The zero-order valence-corrected chi connectivity index (χ0v) is 16.3. The van der Waals surface area contributed by atoms with Gasteiger partial charge < -0.3 is 10.4 Å². The molecule has 0 saturated heterocycles. The van der Waals surface area contributed by atoms with Crippen molar-refractivity contribution >= 4 is 44.9 Å². The van der Waals surface area contributed by atoms with Crippen LogP contribution in [-0.4, -0.2) is 26.7 Å². The van der Waals surface area contributed by atoms with E-state index in [0.717, 1.165) is 39.5 Å². The van der Waals surface area contributed by atoms with Gasteiger partial charge in [0.1, 0.15) is 21.4 Å². The van der Waals surface area contributed by atoms with Crippen molar-refractivity contribution in [1.82, 2.24) is 9.97 Å². The summed E-state index contributed by atoms with van der Waals surface area (Å²) in [6.45, 7) is 3.81. The van der Waals surface area contributed by atoms with Crippen molar-refractivity contribution in [2.45, 2.75) is 38.1 Å². The Morgan fingerprint density at radius 3 is 3.00 bits per heavy atom.